The normalized spacial score (nSPS) is 12.9. The molecule has 1 unspecified atom stereocenters. The van der Waals surface area contributed by atoms with Gasteiger partial charge in [-0.05, 0) is 48.7 Å². The van der Waals surface area contributed by atoms with Crippen LogP contribution >= 0.6 is 0 Å². The van der Waals surface area contributed by atoms with Gasteiger partial charge in [-0.2, -0.15) is 10.2 Å². The smallest absolute Gasteiger partial charge is 0.338 e. The maximum Gasteiger partial charge on any atom is 0.338 e. The maximum absolute atomic E-state index is 13.3. The third kappa shape index (κ3) is 6.77. The number of ether oxygens (including phenoxy) is 2. The number of methoxy groups -OCH3 is 2. The lowest BCUT2D eigenvalue weighted by Crippen LogP contribution is -2.50. The maximum atomic E-state index is 13.3. The van der Waals surface area contributed by atoms with Crippen molar-refractivity contribution in [1.82, 2.24) is 0 Å². The molecule has 0 aromatic heterocycles. The predicted octanol–water partition coefficient (Wildman–Crippen LogP) is 1.58. The Morgan fingerprint density at radius 1 is 0.930 bits per heavy atom. The molecule has 0 aliphatic rings. The first-order chi connectivity index (χ1) is 20.2. The Morgan fingerprint density at radius 2 is 1.47 bits per heavy atom. The second kappa shape index (κ2) is 12.9. The highest BCUT2D eigenvalue weighted by Gasteiger charge is 2.19. The van der Waals surface area contributed by atoms with E-state index in [4.69, 9.17) is 9.47 Å². The van der Waals surface area contributed by atoms with E-state index in [1.165, 1.54) is 45.4 Å². The molecule has 0 amide bonds. The summed E-state index contributed by atoms with van der Waals surface area (Å²) < 4.78 is 56.0. The Morgan fingerprint density at radius 3 is 1.98 bits per heavy atom. The van der Waals surface area contributed by atoms with Crippen molar-refractivity contribution in [2.75, 3.05) is 25.1 Å². The molecule has 0 aliphatic heterocycles. The summed E-state index contributed by atoms with van der Waals surface area (Å²) in [6.45, 7) is 9.99. The molecular weight excluding hydrogens is 604 g/mol. The summed E-state index contributed by atoms with van der Waals surface area (Å²) >= 11 is -2.35. The van der Waals surface area contributed by atoms with Crippen LogP contribution in [0.25, 0.3) is 4.91 Å². The molecule has 0 aliphatic carbocycles. The Balaban J connectivity index is 2.18. The van der Waals surface area contributed by atoms with Gasteiger partial charge in [0.15, 0.2) is 26.3 Å². The lowest BCUT2D eigenvalue weighted by atomic mass is 10.1. The Kier molecular flexibility index (Phi) is 9.80. The molecule has 0 radical (unpaired) electrons. The van der Waals surface area contributed by atoms with Gasteiger partial charge < -0.3 is 19.1 Å². The number of nitrogens with zero attached hydrogens (tertiary/aromatic N) is 2. The molecule has 0 saturated carbocycles. The van der Waals surface area contributed by atoms with E-state index in [1.54, 1.807) is 6.92 Å². The summed E-state index contributed by atoms with van der Waals surface area (Å²) in [6.07, 6.45) is 0. The third-order valence-electron chi connectivity index (χ3n) is 6.08. The SMILES string of the molecule is C=CS(=O)(=O)c1cc(OC)c(NN=c2c(=O)cc(C(=O)O)c(=NNc3cc(C)c(C(=C)S(=O)O)cc3OC)c2=O)cc1C. The zero-order chi connectivity index (χ0) is 32.2. The van der Waals surface area contributed by atoms with E-state index in [9.17, 15) is 36.7 Å². The van der Waals surface area contributed by atoms with Gasteiger partial charge >= 0.3 is 5.97 Å². The van der Waals surface area contributed by atoms with Gasteiger partial charge in [0.25, 0.3) is 0 Å². The fourth-order valence-electron chi connectivity index (χ4n) is 3.89. The average molecular weight is 631 g/mol. The lowest BCUT2D eigenvalue weighted by molar-refractivity contribution is 0.0694. The van der Waals surface area contributed by atoms with Crippen LogP contribution in [0.2, 0.25) is 0 Å². The minimum absolute atomic E-state index is 0.0158. The number of hydrogen-bond donors (Lipinski definition) is 4. The van der Waals surface area contributed by atoms with Gasteiger partial charge in [0.1, 0.15) is 16.9 Å². The molecule has 4 N–H and O–H groups in total. The molecule has 14 nitrogen and oxygen atoms in total. The molecular formula is C27H26N4O10S2. The minimum atomic E-state index is -3.81. The molecule has 43 heavy (non-hydrogen) atoms. The van der Waals surface area contributed by atoms with E-state index >= 15 is 0 Å². The van der Waals surface area contributed by atoms with Crippen molar-refractivity contribution in [3.8, 4) is 11.5 Å². The van der Waals surface area contributed by atoms with Gasteiger partial charge in [-0.3, -0.25) is 20.4 Å². The van der Waals surface area contributed by atoms with Gasteiger partial charge in [0.05, 0.1) is 41.0 Å². The summed E-state index contributed by atoms with van der Waals surface area (Å²) in [5.74, 6) is -1.47. The minimum Gasteiger partial charge on any atom is -0.494 e. The molecule has 226 valence electrons. The van der Waals surface area contributed by atoms with Crippen LogP contribution in [0, 0.1) is 13.8 Å². The molecule has 1 atom stereocenters. The summed E-state index contributed by atoms with van der Waals surface area (Å²) in [5.41, 5.74) is 3.53. The van der Waals surface area contributed by atoms with Crippen molar-refractivity contribution < 1.29 is 36.6 Å². The number of nitrogens with one attached hydrogen (secondary N) is 2. The van der Waals surface area contributed by atoms with Crippen LogP contribution in [0.3, 0.4) is 0 Å². The molecule has 0 fully saturated rings. The molecule has 0 spiro atoms. The number of aryl methyl sites for hydroxylation is 2. The number of carbonyl (C=O) groups is 1. The van der Waals surface area contributed by atoms with Crippen LogP contribution in [0.5, 0.6) is 11.5 Å². The molecule has 3 aromatic carbocycles. The number of rotatable bonds is 11. The van der Waals surface area contributed by atoms with Crippen LogP contribution in [-0.4, -0.2) is 42.5 Å². The van der Waals surface area contributed by atoms with E-state index in [2.05, 4.69) is 34.2 Å². The molecule has 0 saturated heterocycles. The van der Waals surface area contributed by atoms with Crippen LogP contribution in [-0.2, 0) is 20.9 Å². The molecule has 3 aromatic rings. The van der Waals surface area contributed by atoms with Gasteiger partial charge in [-0.15, -0.1) is 0 Å². The quantitative estimate of drug-likeness (QED) is 0.176. The lowest BCUT2D eigenvalue weighted by Gasteiger charge is -2.13. The number of aromatic carboxylic acids is 1. The summed E-state index contributed by atoms with van der Waals surface area (Å²) in [6, 6.07) is 6.14. The zero-order valence-electron chi connectivity index (χ0n) is 23.2. The summed E-state index contributed by atoms with van der Waals surface area (Å²) in [7, 11) is -1.23. The van der Waals surface area contributed by atoms with E-state index in [1.807, 2.05) is 0 Å². The van der Waals surface area contributed by atoms with Crippen molar-refractivity contribution >= 4 is 43.2 Å². The number of benzene rings is 3. The van der Waals surface area contributed by atoms with Crippen LogP contribution in [0.15, 0.2) is 73.6 Å². The molecule has 0 heterocycles. The number of carboxylic acids is 1. The standard InChI is InChI=1S/C27H26N4O10S2/c1-7-43(38,39)23-12-22(41-6)19(9-14(23)3)29-31-25-20(32)10-17(27(34)35)24(26(25)33)30-28-18-8-13(2)16(11-21(18)40-5)15(4)42(36)37/h7-12,28-29H,1,4H2,2-3,5-6H3,(H,34,35)(H,36,37). The number of anilines is 2. The fraction of sp³-hybridized carbons (Fsp3) is 0.148. The third-order valence-corrected chi connectivity index (χ3v) is 8.21. The van der Waals surface area contributed by atoms with Gasteiger partial charge in [0, 0.05) is 17.5 Å². The molecule has 3 rings (SSSR count). The van der Waals surface area contributed by atoms with Crippen molar-refractivity contribution in [1.29, 1.82) is 0 Å². The molecule has 0 bridgehead atoms. The highest BCUT2D eigenvalue weighted by molar-refractivity contribution is 7.94. The zero-order valence-corrected chi connectivity index (χ0v) is 24.9. The van der Waals surface area contributed by atoms with Gasteiger partial charge in [0.2, 0.25) is 10.9 Å². The second-order valence-corrected chi connectivity index (χ2v) is 11.6. The summed E-state index contributed by atoms with van der Waals surface area (Å²) in [5, 5.41) is 16.8. The fourth-order valence-corrected chi connectivity index (χ4v) is 5.25. The Labute approximate surface area is 247 Å². The number of carboxylic acid groups (broad SMARTS) is 1. The van der Waals surface area contributed by atoms with E-state index in [-0.39, 0.29) is 38.2 Å². The van der Waals surface area contributed by atoms with Crippen molar-refractivity contribution in [2.45, 2.75) is 18.7 Å². The monoisotopic (exact) mass is 630 g/mol. The number of hydrogen-bond acceptors (Lipinski definition) is 12. The van der Waals surface area contributed by atoms with E-state index in [0.717, 1.165) is 5.41 Å². The van der Waals surface area contributed by atoms with Crippen molar-refractivity contribution in [3.05, 3.63) is 102 Å². The highest BCUT2D eigenvalue weighted by Crippen LogP contribution is 2.33. The number of sulfone groups is 1. The van der Waals surface area contributed by atoms with Crippen molar-refractivity contribution in [3.63, 3.8) is 0 Å². The largest absolute Gasteiger partial charge is 0.494 e. The van der Waals surface area contributed by atoms with Crippen LogP contribution < -0.4 is 41.9 Å². The van der Waals surface area contributed by atoms with Crippen molar-refractivity contribution in [2.24, 2.45) is 10.2 Å². The predicted molar refractivity (Wildman–Crippen MR) is 159 cm³/mol. The van der Waals surface area contributed by atoms with E-state index < -0.39 is 54.0 Å². The first-order valence-electron chi connectivity index (χ1n) is 11.9. The first kappa shape index (κ1) is 32.6. The van der Waals surface area contributed by atoms with Gasteiger partial charge in [-0.25, -0.2) is 17.4 Å². The van der Waals surface area contributed by atoms with E-state index in [0.29, 0.717) is 17.2 Å². The molecule has 16 heteroatoms. The second-order valence-electron chi connectivity index (χ2n) is 8.77. The first-order valence-corrected chi connectivity index (χ1v) is 14.6. The van der Waals surface area contributed by atoms with Gasteiger partial charge in [-0.1, -0.05) is 13.2 Å². The Bertz CT molecular complexity index is 2030. The Hall–Kier alpha value is -4.93. The van der Waals surface area contributed by atoms with Crippen LogP contribution in [0.1, 0.15) is 27.0 Å². The highest BCUT2D eigenvalue weighted by atomic mass is 32.2. The topological polar surface area (TPSA) is 210 Å². The average Bonchev–Trinajstić information content (AvgIpc) is 2.95. The summed E-state index contributed by atoms with van der Waals surface area (Å²) in [4.78, 5) is 37.7. The van der Waals surface area contributed by atoms with Crippen LogP contribution in [0.4, 0.5) is 11.4 Å².